The first kappa shape index (κ1) is 16.7. The van der Waals surface area contributed by atoms with Crippen LogP contribution in [0.1, 0.15) is 57.8 Å². The maximum absolute atomic E-state index is 12.5. The largest absolute Gasteiger partial charge is 0.396 e. The van der Waals surface area contributed by atoms with E-state index >= 15 is 0 Å². The number of allylic oxidation sites excluding steroid dienone is 2. The van der Waals surface area contributed by atoms with Crippen molar-refractivity contribution in [3.05, 3.63) is 12.2 Å². The number of hydrogen-bond acceptors (Lipinski definition) is 3. The molecule has 0 aromatic carbocycles. The summed E-state index contributed by atoms with van der Waals surface area (Å²) < 4.78 is 0. The van der Waals surface area contributed by atoms with Crippen molar-refractivity contribution in [2.45, 2.75) is 57.8 Å². The third kappa shape index (κ3) is 3.37. The van der Waals surface area contributed by atoms with Gasteiger partial charge in [0.25, 0.3) is 0 Å². The van der Waals surface area contributed by atoms with Gasteiger partial charge >= 0.3 is 0 Å². The molecule has 1 saturated carbocycles. The normalized spacial score (nSPS) is 31.4. The first-order valence-electron chi connectivity index (χ1n) is 9.38. The number of nitrogens with zero attached hydrogens (tertiary/aromatic N) is 1. The van der Waals surface area contributed by atoms with Gasteiger partial charge in [-0.1, -0.05) is 50.7 Å². The van der Waals surface area contributed by atoms with Gasteiger partial charge < -0.3 is 5.11 Å². The summed E-state index contributed by atoms with van der Waals surface area (Å²) in [4.78, 5) is 26.6. The van der Waals surface area contributed by atoms with E-state index < -0.39 is 0 Å². The van der Waals surface area contributed by atoms with Gasteiger partial charge in [0, 0.05) is 13.2 Å². The summed E-state index contributed by atoms with van der Waals surface area (Å²) in [6, 6.07) is 0. The van der Waals surface area contributed by atoms with Gasteiger partial charge in [-0.05, 0) is 31.1 Å². The van der Waals surface area contributed by atoms with Gasteiger partial charge in [-0.25, -0.2) is 0 Å². The topological polar surface area (TPSA) is 57.6 Å². The molecule has 1 N–H and O–H groups in total. The van der Waals surface area contributed by atoms with Crippen LogP contribution >= 0.6 is 0 Å². The fourth-order valence-electron chi connectivity index (χ4n) is 4.63. The maximum Gasteiger partial charge on any atom is 0.233 e. The minimum atomic E-state index is -0.0379. The highest BCUT2D eigenvalue weighted by atomic mass is 16.3. The molecule has 0 spiro atoms. The van der Waals surface area contributed by atoms with Crippen molar-refractivity contribution in [1.82, 2.24) is 4.90 Å². The Labute approximate surface area is 138 Å². The summed E-state index contributed by atoms with van der Waals surface area (Å²) in [7, 11) is 0. The lowest BCUT2D eigenvalue weighted by molar-refractivity contribution is -0.140. The number of fused-ring (bicyclic) bond motifs is 5. The fraction of sp³-hybridized carbons (Fsp3) is 0.789. The van der Waals surface area contributed by atoms with Crippen LogP contribution in [0.4, 0.5) is 0 Å². The molecule has 3 aliphatic rings. The quantitative estimate of drug-likeness (QED) is 0.383. The Balaban J connectivity index is 1.33. The number of likely N-dealkylation sites (tertiary alicyclic amines) is 1. The number of aliphatic hydroxyl groups excluding tert-OH is 1. The summed E-state index contributed by atoms with van der Waals surface area (Å²) in [5, 5.41) is 8.72. The van der Waals surface area contributed by atoms with Gasteiger partial charge in [-0.2, -0.15) is 0 Å². The summed E-state index contributed by atoms with van der Waals surface area (Å²) >= 11 is 0. The SMILES string of the molecule is O=C1C2C3C=CC(C3)C2C(=O)N1CCCCCCCCCCO. The number of unbranched alkanes of at least 4 members (excludes halogenated alkanes) is 7. The molecule has 0 aromatic rings. The lowest BCUT2D eigenvalue weighted by atomic mass is 9.85. The molecule has 2 aliphatic carbocycles. The molecular formula is C19H29NO3. The Morgan fingerprint density at radius 1 is 0.826 bits per heavy atom. The third-order valence-corrected chi connectivity index (χ3v) is 5.85. The number of amides is 2. The second-order valence-electron chi connectivity index (χ2n) is 7.38. The van der Waals surface area contributed by atoms with Crippen LogP contribution in [0.25, 0.3) is 0 Å². The fourth-order valence-corrected chi connectivity index (χ4v) is 4.63. The van der Waals surface area contributed by atoms with Gasteiger partial charge in [0.15, 0.2) is 0 Å². The molecule has 2 fully saturated rings. The Hall–Kier alpha value is -1.16. The zero-order valence-electron chi connectivity index (χ0n) is 14.0. The minimum absolute atomic E-state index is 0.0379. The molecule has 128 valence electrons. The van der Waals surface area contributed by atoms with Gasteiger partial charge in [0.05, 0.1) is 11.8 Å². The van der Waals surface area contributed by atoms with Crippen LogP contribution < -0.4 is 0 Å². The monoisotopic (exact) mass is 319 g/mol. The van der Waals surface area contributed by atoms with Crippen molar-refractivity contribution in [3.8, 4) is 0 Å². The number of carbonyl (C=O) groups is 2. The van der Waals surface area contributed by atoms with Gasteiger partial charge in [0.2, 0.25) is 11.8 Å². The molecule has 1 heterocycles. The zero-order valence-corrected chi connectivity index (χ0v) is 14.0. The molecule has 4 atom stereocenters. The molecule has 4 heteroatoms. The molecule has 4 nitrogen and oxygen atoms in total. The van der Waals surface area contributed by atoms with Crippen molar-refractivity contribution in [1.29, 1.82) is 0 Å². The van der Waals surface area contributed by atoms with Crippen molar-refractivity contribution < 1.29 is 14.7 Å². The van der Waals surface area contributed by atoms with Crippen molar-refractivity contribution in [2.24, 2.45) is 23.7 Å². The van der Waals surface area contributed by atoms with E-state index in [2.05, 4.69) is 12.2 Å². The Kier molecular flexibility index (Phi) is 5.52. The van der Waals surface area contributed by atoms with Crippen LogP contribution in [-0.4, -0.2) is 35.0 Å². The van der Waals surface area contributed by atoms with Crippen molar-refractivity contribution >= 4 is 11.8 Å². The van der Waals surface area contributed by atoms with Gasteiger partial charge in [-0.15, -0.1) is 0 Å². The second kappa shape index (κ2) is 7.61. The molecule has 2 amide bonds. The highest BCUT2D eigenvalue weighted by molar-refractivity contribution is 6.06. The molecule has 0 aromatic heterocycles. The molecule has 1 aliphatic heterocycles. The van der Waals surface area contributed by atoms with Gasteiger partial charge in [0.1, 0.15) is 0 Å². The van der Waals surface area contributed by atoms with Crippen LogP contribution in [0.5, 0.6) is 0 Å². The van der Waals surface area contributed by atoms with Crippen LogP contribution in [-0.2, 0) is 9.59 Å². The highest BCUT2D eigenvalue weighted by Crippen LogP contribution is 2.52. The lowest BCUT2D eigenvalue weighted by Crippen LogP contribution is -2.33. The number of rotatable bonds is 10. The summed E-state index contributed by atoms with van der Waals surface area (Å²) in [5.41, 5.74) is 0. The average molecular weight is 319 g/mol. The molecule has 3 rings (SSSR count). The minimum Gasteiger partial charge on any atom is -0.396 e. The zero-order chi connectivity index (χ0) is 16.2. The third-order valence-electron chi connectivity index (χ3n) is 5.85. The van der Waals surface area contributed by atoms with E-state index in [0.717, 1.165) is 32.1 Å². The molecule has 2 bridgehead atoms. The Bertz CT molecular complexity index is 443. The predicted molar refractivity (Wildman–Crippen MR) is 88.5 cm³/mol. The second-order valence-corrected chi connectivity index (χ2v) is 7.38. The molecular weight excluding hydrogens is 290 g/mol. The Morgan fingerprint density at radius 2 is 1.30 bits per heavy atom. The number of carbonyl (C=O) groups excluding carboxylic acids is 2. The summed E-state index contributed by atoms with van der Waals surface area (Å²) in [6.45, 7) is 0.922. The summed E-state index contributed by atoms with van der Waals surface area (Å²) in [6.07, 6.45) is 14.2. The molecule has 4 unspecified atom stereocenters. The average Bonchev–Trinajstić information content (AvgIpc) is 3.22. The Morgan fingerprint density at radius 3 is 1.83 bits per heavy atom. The number of aliphatic hydroxyl groups is 1. The molecule has 23 heavy (non-hydrogen) atoms. The first-order chi connectivity index (χ1) is 11.2. The van der Waals surface area contributed by atoms with E-state index in [1.54, 1.807) is 4.90 Å². The predicted octanol–water partition coefficient (Wildman–Crippen LogP) is 2.91. The van der Waals surface area contributed by atoms with Crippen LogP contribution in [0, 0.1) is 23.7 Å². The number of imide groups is 1. The van der Waals surface area contributed by atoms with Crippen LogP contribution in [0.3, 0.4) is 0 Å². The van der Waals surface area contributed by atoms with E-state index in [1.165, 1.54) is 25.7 Å². The molecule has 1 saturated heterocycles. The number of hydrogen-bond donors (Lipinski definition) is 1. The van der Waals surface area contributed by atoms with Crippen molar-refractivity contribution in [2.75, 3.05) is 13.2 Å². The highest BCUT2D eigenvalue weighted by Gasteiger charge is 2.58. The van der Waals surface area contributed by atoms with E-state index in [0.29, 0.717) is 25.0 Å². The van der Waals surface area contributed by atoms with E-state index in [-0.39, 0.29) is 23.7 Å². The maximum atomic E-state index is 12.5. The van der Waals surface area contributed by atoms with Crippen molar-refractivity contribution in [3.63, 3.8) is 0 Å². The van der Waals surface area contributed by atoms with E-state index in [4.69, 9.17) is 5.11 Å². The summed E-state index contributed by atoms with van der Waals surface area (Å²) in [5.74, 6) is 0.769. The lowest BCUT2D eigenvalue weighted by Gasteiger charge is -2.17. The molecule has 0 radical (unpaired) electrons. The smallest absolute Gasteiger partial charge is 0.233 e. The van der Waals surface area contributed by atoms with Gasteiger partial charge in [-0.3, -0.25) is 14.5 Å². The van der Waals surface area contributed by atoms with E-state index in [9.17, 15) is 9.59 Å². The van der Waals surface area contributed by atoms with Crippen LogP contribution in [0.15, 0.2) is 12.2 Å². The standard InChI is InChI=1S/C19H29NO3/c21-12-8-6-4-2-1-3-5-7-11-20-18(22)16-14-9-10-15(13-14)17(16)19(20)23/h9-10,14-17,21H,1-8,11-13H2. The van der Waals surface area contributed by atoms with Crippen LogP contribution in [0.2, 0.25) is 0 Å². The first-order valence-corrected chi connectivity index (χ1v) is 9.38. The van der Waals surface area contributed by atoms with E-state index in [1.807, 2.05) is 0 Å².